The van der Waals surface area contributed by atoms with Crippen LogP contribution in [0, 0.1) is 6.92 Å². The van der Waals surface area contributed by atoms with E-state index in [1.807, 2.05) is 25.1 Å². The molecule has 0 saturated heterocycles. The summed E-state index contributed by atoms with van der Waals surface area (Å²) in [6, 6.07) is 15.6. The van der Waals surface area contributed by atoms with Crippen molar-refractivity contribution in [2.45, 2.75) is 18.4 Å². The number of hydrogen-bond acceptors (Lipinski definition) is 4. The number of benzene rings is 2. The molecule has 0 radical (unpaired) electrons. The second-order valence-corrected chi connectivity index (χ2v) is 8.63. The molecular formula is C20H22N4O3S. The molecule has 3 rings (SSSR count). The first-order valence-electron chi connectivity index (χ1n) is 8.70. The Bertz CT molecular complexity index is 1090. The van der Waals surface area contributed by atoms with E-state index in [-0.39, 0.29) is 17.3 Å². The van der Waals surface area contributed by atoms with E-state index in [2.05, 4.69) is 10.4 Å². The Morgan fingerprint density at radius 3 is 2.36 bits per heavy atom. The van der Waals surface area contributed by atoms with Crippen molar-refractivity contribution in [2.24, 2.45) is 0 Å². The van der Waals surface area contributed by atoms with E-state index >= 15 is 0 Å². The van der Waals surface area contributed by atoms with Gasteiger partial charge in [0.25, 0.3) is 5.91 Å². The lowest BCUT2D eigenvalue weighted by Gasteiger charge is -2.15. The lowest BCUT2D eigenvalue weighted by molar-refractivity contribution is 0.0950. The van der Waals surface area contributed by atoms with Gasteiger partial charge < -0.3 is 5.32 Å². The van der Waals surface area contributed by atoms with Gasteiger partial charge in [0.05, 0.1) is 10.6 Å². The summed E-state index contributed by atoms with van der Waals surface area (Å²) < 4.78 is 27.8. The molecule has 0 unspecified atom stereocenters. The number of amides is 1. The standard InChI is InChI=1S/C20H22N4O3S/c1-15-12-13-22-24(15)18-10-8-16(9-11-18)20(25)21-14-17-6-4-5-7-19(17)28(26,27)23(2)3/h4-13H,14H2,1-3H3,(H,21,25). The lowest BCUT2D eigenvalue weighted by Crippen LogP contribution is -2.27. The molecule has 1 heterocycles. The van der Waals surface area contributed by atoms with Crippen molar-refractivity contribution in [3.8, 4) is 5.69 Å². The molecule has 1 N–H and O–H groups in total. The molecule has 1 amide bonds. The van der Waals surface area contributed by atoms with Gasteiger partial charge in [-0.2, -0.15) is 5.10 Å². The second kappa shape index (κ2) is 7.95. The fourth-order valence-corrected chi connectivity index (χ4v) is 3.89. The summed E-state index contributed by atoms with van der Waals surface area (Å²) in [4.78, 5) is 12.7. The second-order valence-electron chi connectivity index (χ2n) is 6.51. The third-order valence-electron chi connectivity index (χ3n) is 4.38. The molecule has 0 aliphatic heterocycles. The molecular weight excluding hydrogens is 376 g/mol. The molecule has 0 fully saturated rings. The van der Waals surface area contributed by atoms with Gasteiger partial charge in [0.15, 0.2) is 0 Å². The third-order valence-corrected chi connectivity index (χ3v) is 6.29. The summed E-state index contributed by atoms with van der Waals surface area (Å²) in [5.74, 6) is -0.277. The number of carbonyl (C=O) groups is 1. The minimum Gasteiger partial charge on any atom is -0.348 e. The number of nitrogens with one attached hydrogen (secondary N) is 1. The molecule has 3 aromatic rings. The molecule has 0 bridgehead atoms. The number of rotatable bonds is 6. The largest absolute Gasteiger partial charge is 0.348 e. The number of sulfonamides is 1. The van der Waals surface area contributed by atoms with Crippen molar-refractivity contribution in [1.82, 2.24) is 19.4 Å². The van der Waals surface area contributed by atoms with Crippen molar-refractivity contribution < 1.29 is 13.2 Å². The molecule has 0 aliphatic carbocycles. The molecule has 1 aromatic heterocycles. The van der Waals surface area contributed by atoms with Crippen LogP contribution in [-0.2, 0) is 16.6 Å². The van der Waals surface area contributed by atoms with Crippen molar-refractivity contribution in [3.63, 3.8) is 0 Å². The van der Waals surface area contributed by atoms with Crippen LogP contribution >= 0.6 is 0 Å². The summed E-state index contributed by atoms with van der Waals surface area (Å²) >= 11 is 0. The lowest BCUT2D eigenvalue weighted by atomic mass is 10.1. The Hall–Kier alpha value is -2.97. The molecule has 146 valence electrons. The third kappa shape index (κ3) is 3.97. The molecule has 7 nitrogen and oxygen atoms in total. The van der Waals surface area contributed by atoms with Gasteiger partial charge in [0, 0.05) is 38.1 Å². The fourth-order valence-electron chi connectivity index (χ4n) is 2.77. The zero-order valence-corrected chi connectivity index (χ0v) is 16.8. The van der Waals surface area contributed by atoms with E-state index in [0.29, 0.717) is 11.1 Å². The van der Waals surface area contributed by atoms with Crippen LogP contribution in [0.3, 0.4) is 0 Å². The van der Waals surface area contributed by atoms with Crippen LogP contribution in [0.2, 0.25) is 0 Å². The van der Waals surface area contributed by atoms with Gasteiger partial charge >= 0.3 is 0 Å². The van der Waals surface area contributed by atoms with E-state index in [0.717, 1.165) is 15.7 Å². The highest BCUT2D eigenvalue weighted by Crippen LogP contribution is 2.18. The van der Waals surface area contributed by atoms with E-state index in [1.54, 1.807) is 41.2 Å². The zero-order valence-electron chi connectivity index (χ0n) is 16.0. The maximum atomic E-state index is 12.5. The van der Waals surface area contributed by atoms with Crippen LogP contribution in [0.25, 0.3) is 5.69 Å². The van der Waals surface area contributed by atoms with E-state index in [1.165, 1.54) is 20.2 Å². The molecule has 2 aromatic carbocycles. The van der Waals surface area contributed by atoms with Crippen molar-refractivity contribution in [1.29, 1.82) is 0 Å². The SMILES string of the molecule is Cc1ccnn1-c1ccc(C(=O)NCc2ccccc2S(=O)(=O)N(C)C)cc1. The van der Waals surface area contributed by atoms with E-state index in [4.69, 9.17) is 0 Å². The Morgan fingerprint density at radius 1 is 1.07 bits per heavy atom. The van der Waals surface area contributed by atoms with Gasteiger partial charge in [-0.1, -0.05) is 18.2 Å². The predicted molar refractivity (Wildman–Crippen MR) is 107 cm³/mol. The van der Waals surface area contributed by atoms with Crippen molar-refractivity contribution in [3.05, 3.63) is 77.6 Å². The number of aryl methyl sites for hydroxylation is 1. The highest BCUT2D eigenvalue weighted by atomic mass is 32.2. The minimum absolute atomic E-state index is 0.113. The quantitative estimate of drug-likeness (QED) is 0.691. The summed E-state index contributed by atoms with van der Waals surface area (Å²) in [7, 11) is -0.623. The summed E-state index contributed by atoms with van der Waals surface area (Å²) in [6.45, 7) is 2.06. The highest BCUT2D eigenvalue weighted by Gasteiger charge is 2.20. The highest BCUT2D eigenvalue weighted by molar-refractivity contribution is 7.89. The topological polar surface area (TPSA) is 84.3 Å². The van der Waals surface area contributed by atoms with Crippen molar-refractivity contribution in [2.75, 3.05) is 14.1 Å². The molecule has 0 spiro atoms. The average Bonchev–Trinajstić information content (AvgIpc) is 3.12. The molecule has 0 aliphatic rings. The van der Waals surface area contributed by atoms with Gasteiger partial charge in [-0.15, -0.1) is 0 Å². The molecule has 28 heavy (non-hydrogen) atoms. The van der Waals surface area contributed by atoms with Crippen LogP contribution in [-0.4, -0.2) is 42.5 Å². The molecule has 0 atom stereocenters. The summed E-state index contributed by atoms with van der Waals surface area (Å²) in [5.41, 5.74) is 2.88. The van der Waals surface area contributed by atoms with E-state index < -0.39 is 10.0 Å². The van der Waals surface area contributed by atoms with Crippen LogP contribution in [0.5, 0.6) is 0 Å². The van der Waals surface area contributed by atoms with Gasteiger partial charge in [-0.3, -0.25) is 4.79 Å². The maximum Gasteiger partial charge on any atom is 0.251 e. The monoisotopic (exact) mass is 398 g/mol. The number of carbonyl (C=O) groups excluding carboxylic acids is 1. The predicted octanol–water partition coefficient (Wildman–Crippen LogP) is 2.36. The summed E-state index contributed by atoms with van der Waals surface area (Å²) in [6.07, 6.45) is 1.72. The first kappa shape index (κ1) is 19.8. The van der Waals surface area contributed by atoms with Crippen molar-refractivity contribution >= 4 is 15.9 Å². The molecule has 8 heteroatoms. The van der Waals surface area contributed by atoms with Crippen LogP contribution in [0.15, 0.2) is 65.7 Å². The zero-order chi connectivity index (χ0) is 20.3. The van der Waals surface area contributed by atoms with Crippen LogP contribution in [0.4, 0.5) is 0 Å². The summed E-state index contributed by atoms with van der Waals surface area (Å²) in [5, 5.41) is 7.03. The van der Waals surface area contributed by atoms with Gasteiger partial charge in [-0.05, 0) is 48.9 Å². The Morgan fingerprint density at radius 2 is 1.75 bits per heavy atom. The Kier molecular flexibility index (Phi) is 5.62. The van der Waals surface area contributed by atoms with Gasteiger partial charge in [0.1, 0.15) is 0 Å². The Labute approximate surface area is 164 Å². The molecule has 0 saturated carbocycles. The number of hydrogen-bond donors (Lipinski definition) is 1. The normalized spacial score (nSPS) is 11.6. The first-order chi connectivity index (χ1) is 13.3. The smallest absolute Gasteiger partial charge is 0.251 e. The van der Waals surface area contributed by atoms with Crippen LogP contribution < -0.4 is 5.32 Å². The minimum atomic E-state index is -3.58. The number of nitrogens with zero attached hydrogens (tertiary/aromatic N) is 3. The fraction of sp³-hybridized carbons (Fsp3) is 0.200. The van der Waals surface area contributed by atoms with Gasteiger partial charge in [-0.25, -0.2) is 17.4 Å². The van der Waals surface area contributed by atoms with Crippen LogP contribution in [0.1, 0.15) is 21.6 Å². The first-order valence-corrected chi connectivity index (χ1v) is 10.1. The maximum absolute atomic E-state index is 12.5. The number of aromatic nitrogens is 2. The average molecular weight is 398 g/mol. The Balaban J connectivity index is 1.74. The van der Waals surface area contributed by atoms with E-state index in [9.17, 15) is 13.2 Å². The van der Waals surface area contributed by atoms with Gasteiger partial charge in [0.2, 0.25) is 10.0 Å².